The van der Waals surface area contributed by atoms with Crippen LogP contribution in [0.4, 0.5) is 13.2 Å². The number of nitrogens with two attached hydrogens (primary N) is 1. The predicted octanol–water partition coefficient (Wildman–Crippen LogP) is 5.64. The van der Waals surface area contributed by atoms with Gasteiger partial charge in [-0.1, -0.05) is 40.2 Å². The number of aromatic nitrogens is 3. The Balaban J connectivity index is 1.77. The van der Waals surface area contributed by atoms with E-state index in [9.17, 15) is 21.6 Å². The molecule has 2 atom stereocenters. The first-order chi connectivity index (χ1) is 17.7. The van der Waals surface area contributed by atoms with Gasteiger partial charge in [0.25, 0.3) is 0 Å². The zero-order valence-electron chi connectivity index (χ0n) is 20.1. The van der Waals surface area contributed by atoms with Gasteiger partial charge in [-0.3, -0.25) is 0 Å². The number of allylic oxidation sites excluding steroid dienone is 3. The minimum absolute atomic E-state index is 0.0320. The average molecular weight is 604 g/mol. The van der Waals surface area contributed by atoms with Gasteiger partial charge in [0.2, 0.25) is 10.0 Å². The number of imidazole rings is 1. The van der Waals surface area contributed by atoms with Gasteiger partial charge in [0.1, 0.15) is 10.6 Å². The maximum absolute atomic E-state index is 14.8. The highest BCUT2D eigenvalue weighted by Crippen LogP contribution is 2.45. The molecule has 0 bridgehead atoms. The summed E-state index contributed by atoms with van der Waals surface area (Å²) in [7, 11) is -4.11. The van der Waals surface area contributed by atoms with Gasteiger partial charge in [-0.05, 0) is 61.7 Å². The minimum atomic E-state index is -5.02. The van der Waals surface area contributed by atoms with Crippen LogP contribution in [0.15, 0.2) is 65.3 Å². The molecule has 2 heterocycles. The number of nitrogens with zero attached hydrogens (tertiary/aromatic N) is 3. The molecule has 0 radical (unpaired) electrons. The number of aryl methyl sites for hydroxylation is 1. The molecule has 196 valence electrons. The van der Waals surface area contributed by atoms with E-state index in [0.29, 0.717) is 10.0 Å². The quantitative estimate of drug-likeness (QED) is 0.313. The Kier molecular flexibility index (Phi) is 5.90. The van der Waals surface area contributed by atoms with Crippen LogP contribution in [0.1, 0.15) is 35.9 Å². The lowest BCUT2D eigenvalue weighted by Crippen LogP contribution is -2.52. The van der Waals surface area contributed by atoms with Crippen LogP contribution in [0, 0.1) is 18.3 Å². The van der Waals surface area contributed by atoms with E-state index < -0.39 is 32.3 Å². The summed E-state index contributed by atoms with van der Waals surface area (Å²) in [5.41, 5.74) is 3.97. The molecule has 1 aliphatic carbocycles. The van der Waals surface area contributed by atoms with Gasteiger partial charge in [-0.15, -0.1) is 0 Å². The highest BCUT2D eigenvalue weighted by atomic mass is 79.9. The number of H-pyrrole nitrogens is 1. The van der Waals surface area contributed by atoms with Crippen molar-refractivity contribution in [1.29, 1.82) is 5.26 Å². The van der Waals surface area contributed by atoms with E-state index >= 15 is 0 Å². The lowest BCUT2D eigenvalue weighted by atomic mass is 9.86. The minimum Gasteiger partial charge on any atom is -0.340 e. The molecule has 3 N–H and O–H groups in total. The van der Waals surface area contributed by atoms with Crippen molar-refractivity contribution in [1.82, 2.24) is 13.9 Å². The van der Waals surface area contributed by atoms with E-state index in [1.54, 1.807) is 32.1 Å². The van der Waals surface area contributed by atoms with Gasteiger partial charge < -0.3 is 10.7 Å². The molecule has 2 aromatic heterocycles. The number of fused-ring (bicyclic) bond motifs is 2. The van der Waals surface area contributed by atoms with Gasteiger partial charge in [0, 0.05) is 16.1 Å². The summed E-state index contributed by atoms with van der Waals surface area (Å²) in [5, 5.41) is 9.19. The van der Waals surface area contributed by atoms with Crippen LogP contribution in [0.3, 0.4) is 0 Å². The van der Waals surface area contributed by atoms with Crippen molar-refractivity contribution in [3.05, 3.63) is 87.8 Å². The lowest BCUT2D eigenvalue weighted by molar-refractivity contribution is -0.178. The van der Waals surface area contributed by atoms with Crippen LogP contribution in [0.25, 0.3) is 21.9 Å². The van der Waals surface area contributed by atoms with Crippen molar-refractivity contribution in [2.75, 3.05) is 0 Å². The molecule has 7 nitrogen and oxygen atoms in total. The summed E-state index contributed by atoms with van der Waals surface area (Å²) in [6, 6.07) is 10.2. The molecule has 12 heteroatoms. The van der Waals surface area contributed by atoms with Crippen molar-refractivity contribution in [3.8, 4) is 6.07 Å². The molecule has 4 aromatic rings. The Labute approximate surface area is 224 Å². The average Bonchev–Trinajstić information content (AvgIpc) is 3.48. The maximum atomic E-state index is 14.8. The normalized spacial score (nSPS) is 19.9. The second-order valence-corrected chi connectivity index (χ2v) is 12.7. The number of benzene rings is 2. The Morgan fingerprint density at radius 2 is 1.97 bits per heavy atom. The van der Waals surface area contributed by atoms with Crippen LogP contribution in [0.2, 0.25) is 0 Å². The number of halogens is 4. The number of aromatic amines is 1. The Morgan fingerprint density at radius 1 is 1.24 bits per heavy atom. The van der Waals surface area contributed by atoms with Crippen LogP contribution in [-0.2, 0) is 15.6 Å². The summed E-state index contributed by atoms with van der Waals surface area (Å²) in [6.07, 6.45) is 1.47. The molecule has 2 aromatic carbocycles. The van der Waals surface area contributed by atoms with Gasteiger partial charge in [-0.25, -0.2) is 17.4 Å². The SMILES string of the molecule is Cc1ccc(C(N)(c2nc3ccc(C#N)cc3[nH]2)C(F)(F)F)c2ccn(S(=O)(=O)C3(C)C=C(Br)C=CC3)c12. The second-order valence-electron chi connectivity index (χ2n) is 9.49. The molecular weight excluding hydrogens is 583 g/mol. The van der Waals surface area contributed by atoms with Gasteiger partial charge in [0.15, 0.2) is 5.54 Å². The molecule has 5 rings (SSSR count). The molecule has 0 spiro atoms. The fourth-order valence-corrected chi connectivity index (χ4v) is 7.41. The van der Waals surface area contributed by atoms with E-state index in [2.05, 4.69) is 25.9 Å². The first-order valence-electron chi connectivity index (χ1n) is 11.4. The first kappa shape index (κ1) is 26.2. The van der Waals surface area contributed by atoms with E-state index in [1.807, 2.05) is 6.07 Å². The van der Waals surface area contributed by atoms with Crippen molar-refractivity contribution in [3.63, 3.8) is 0 Å². The molecule has 0 fully saturated rings. The van der Waals surface area contributed by atoms with Gasteiger partial charge in [-0.2, -0.15) is 18.4 Å². The van der Waals surface area contributed by atoms with E-state index in [4.69, 9.17) is 11.0 Å². The summed E-state index contributed by atoms with van der Waals surface area (Å²) < 4.78 is 72.5. The van der Waals surface area contributed by atoms with Gasteiger partial charge >= 0.3 is 6.18 Å². The molecule has 0 saturated heterocycles. The third-order valence-electron chi connectivity index (χ3n) is 6.96. The molecule has 2 unspecified atom stereocenters. The van der Waals surface area contributed by atoms with E-state index in [-0.39, 0.29) is 39.5 Å². The third-order valence-corrected chi connectivity index (χ3v) is 9.74. The third kappa shape index (κ3) is 3.72. The standard InChI is InChI=1S/C26H21BrF3N5O2S/c1-15-5-7-19(18-9-11-35(22(15)18)38(36,37)24(2)10-3-4-17(27)13-24)25(32,26(28,29)30)23-33-20-8-6-16(14-31)12-21(20)34-23/h3-9,11-13H,10,32H2,1-2H3,(H,33,34). The highest BCUT2D eigenvalue weighted by molar-refractivity contribution is 9.11. The molecule has 0 amide bonds. The fourth-order valence-electron chi connectivity index (χ4n) is 4.83. The number of rotatable bonds is 4. The van der Waals surface area contributed by atoms with E-state index in [0.717, 1.165) is 3.97 Å². The van der Waals surface area contributed by atoms with Crippen molar-refractivity contribution >= 4 is 47.9 Å². The lowest BCUT2D eigenvalue weighted by Gasteiger charge is -2.31. The Bertz CT molecular complexity index is 1830. The highest BCUT2D eigenvalue weighted by Gasteiger charge is 2.57. The number of nitriles is 1. The zero-order chi connectivity index (χ0) is 27.7. The predicted molar refractivity (Wildman–Crippen MR) is 142 cm³/mol. The largest absolute Gasteiger partial charge is 0.417 e. The monoisotopic (exact) mass is 603 g/mol. The molecule has 0 saturated carbocycles. The van der Waals surface area contributed by atoms with Crippen LogP contribution < -0.4 is 5.73 Å². The molecule has 1 aliphatic rings. The number of nitrogens with one attached hydrogen (secondary N) is 1. The number of hydrogen-bond donors (Lipinski definition) is 2. The van der Waals surface area contributed by atoms with Crippen molar-refractivity contribution in [2.24, 2.45) is 5.73 Å². The first-order valence-corrected chi connectivity index (χ1v) is 13.6. The molecule has 0 aliphatic heterocycles. The number of hydrogen-bond acceptors (Lipinski definition) is 5. The zero-order valence-corrected chi connectivity index (χ0v) is 22.5. The topological polar surface area (TPSA) is 118 Å². The van der Waals surface area contributed by atoms with Crippen LogP contribution in [-0.4, -0.2) is 33.3 Å². The molecule has 38 heavy (non-hydrogen) atoms. The van der Waals surface area contributed by atoms with Crippen LogP contribution >= 0.6 is 15.9 Å². The van der Waals surface area contributed by atoms with Crippen molar-refractivity contribution < 1.29 is 21.6 Å². The summed E-state index contributed by atoms with van der Waals surface area (Å²) in [4.78, 5) is 6.77. The van der Waals surface area contributed by atoms with Crippen molar-refractivity contribution in [2.45, 2.75) is 36.7 Å². The summed E-state index contributed by atoms with van der Waals surface area (Å²) >= 11 is 3.32. The van der Waals surface area contributed by atoms with E-state index in [1.165, 1.54) is 42.6 Å². The number of alkyl halides is 3. The summed E-state index contributed by atoms with van der Waals surface area (Å²) in [5.74, 6) is -0.577. The summed E-state index contributed by atoms with van der Waals surface area (Å²) in [6.45, 7) is 3.19. The van der Waals surface area contributed by atoms with Crippen LogP contribution in [0.5, 0.6) is 0 Å². The Morgan fingerprint density at radius 3 is 2.63 bits per heavy atom. The molecular formula is C26H21BrF3N5O2S. The smallest absolute Gasteiger partial charge is 0.340 e. The maximum Gasteiger partial charge on any atom is 0.417 e. The Hall–Kier alpha value is -3.40. The fraction of sp³-hybridized carbons (Fsp3) is 0.231. The van der Waals surface area contributed by atoms with Gasteiger partial charge in [0.05, 0.1) is 28.2 Å². The second kappa shape index (κ2) is 8.56.